The molecule has 0 aliphatic rings. The molecule has 2 aromatic rings. The van der Waals surface area contributed by atoms with Crippen molar-refractivity contribution in [2.24, 2.45) is 0 Å². The van der Waals surface area contributed by atoms with E-state index in [0.29, 0.717) is 11.3 Å². The Bertz CT molecular complexity index is 509. The zero-order chi connectivity index (χ0) is 11.5. The highest BCUT2D eigenvalue weighted by Crippen LogP contribution is 2.19. The van der Waals surface area contributed by atoms with Crippen LogP contribution in [0.2, 0.25) is 0 Å². The van der Waals surface area contributed by atoms with E-state index < -0.39 is 0 Å². The fourth-order valence-corrected chi connectivity index (χ4v) is 1.83. The van der Waals surface area contributed by atoms with Crippen molar-refractivity contribution >= 4 is 17.5 Å². The molecule has 0 aliphatic carbocycles. The van der Waals surface area contributed by atoms with E-state index in [2.05, 4.69) is 8.75 Å². The normalized spacial score (nSPS) is 10.1. The Morgan fingerprint density at radius 2 is 2.25 bits per heavy atom. The first-order valence-electron chi connectivity index (χ1n) is 4.69. The second-order valence-corrected chi connectivity index (χ2v) is 3.86. The summed E-state index contributed by atoms with van der Waals surface area (Å²) in [5.74, 6) is 0.638. The zero-order valence-corrected chi connectivity index (χ0v) is 9.75. The van der Waals surface area contributed by atoms with Crippen LogP contribution in [0.15, 0.2) is 24.4 Å². The van der Waals surface area contributed by atoms with Crippen molar-refractivity contribution in [2.75, 3.05) is 7.11 Å². The van der Waals surface area contributed by atoms with E-state index in [1.54, 1.807) is 19.2 Å². The van der Waals surface area contributed by atoms with Gasteiger partial charge in [0.05, 0.1) is 25.0 Å². The molecule has 0 atom stereocenters. The van der Waals surface area contributed by atoms with Crippen molar-refractivity contribution in [3.63, 3.8) is 0 Å². The SMILES string of the molecule is COc1ccc(C(=O)c2cnsn2)c(C)c1. The molecule has 1 aromatic carbocycles. The molecule has 0 unspecified atom stereocenters. The van der Waals surface area contributed by atoms with E-state index in [4.69, 9.17) is 4.74 Å². The van der Waals surface area contributed by atoms with Crippen LogP contribution < -0.4 is 4.74 Å². The highest BCUT2D eigenvalue weighted by molar-refractivity contribution is 6.99. The van der Waals surface area contributed by atoms with Gasteiger partial charge in [0.2, 0.25) is 5.78 Å². The molecule has 0 amide bonds. The van der Waals surface area contributed by atoms with Gasteiger partial charge in [-0.25, -0.2) is 0 Å². The average Bonchev–Trinajstić information content (AvgIpc) is 2.81. The Kier molecular flexibility index (Phi) is 2.96. The smallest absolute Gasteiger partial charge is 0.214 e. The first-order valence-corrected chi connectivity index (χ1v) is 5.42. The van der Waals surface area contributed by atoms with Gasteiger partial charge in [-0.1, -0.05) is 0 Å². The van der Waals surface area contributed by atoms with Gasteiger partial charge in [0.1, 0.15) is 11.4 Å². The number of ether oxygens (including phenoxy) is 1. The highest BCUT2D eigenvalue weighted by atomic mass is 32.1. The van der Waals surface area contributed by atoms with E-state index >= 15 is 0 Å². The summed E-state index contributed by atoms with van der Waals surface area (Å²) in [4.78, 5) is 12.0. The van der Waals surface area contributed by atoms with E-state index in [0.717, 1.165) is 23.0 Å². The summed E-state index contributed by atoms with van der Waals surface area (Å²) in [7, 11) is 1.60. The van der Waals surface area contributed by atoms with Crippen molar-refractivity contribution in [1.29, 1.82) is 0 Å². The summed E-state index contributed by atoms with van der Waals surface area (Å²) in [5.41, 5.74) is 1.89. The minimum atomic E-state index is -0.103. The molecular weight excluding hydrogens is 224 g/mol. The minimum Gasteiger partial charge on any atom is -0.497 e. The summed E-state index contributed by atoms with van der Waals surface area (Å²) in [6, 6.07) is 5.34. The van der Waals surface area contributed by atoms with Crippen LogP contribution in [0.4, 0.5) is 0 Å². The van der Waals surface area contributed by atoms with E-state index in [9.17, 15) is 4.79 Å². The van der Waals surface area contributed by atoms with Gasteiger partial charge in [-0.2, -0.15) is 8.75 Å². The molecule has 1 heterocycles. The van der Waals surface area contributed by atoms with Crippen LogP contribution in [0.5, 0.6) is 5.75 Å². The Morgan fingerprint density at radius 3 is 2.81 bits per heavy atom. The lowest BCUT2D eigenvalue weighted by Gasteiger charge is -2.05. The number of rotatable bonds is 3. The molecule has 5 heteroatoms. The van der Waals surface area contributed by atoms with Crippen LogP contribution in [0.1, 0.15) is 21.6 Å². The lowest BCUT2D eigenvalue weighted by atomic mass is 10.0. The first-order chi connectivity index (χ1) is 7.72. The van der Waals surface area contributed by atoms with Crippen LogP contribution in [0.3, 0.4) is 0 Å². The Morgan fingerprint density at radius 1 is 1.44 bits per heavy atom. The summed E-state index contributed by atoms with van der Waals surface area (Å²) < 4.78 is 12.8. The molecule has 0 saturated carbocycles. The molecule has 16 heavy (non-hydrogen) atoms. The van der Waals surface area contributed by atoms with Gasteiger partial charge < -0.3 is 4.74 Å². The first kappa shape index (κ1) is 10.8. The Labute approximate surface area is 97.2 Å². The fraction of sp³-hybridized carbons (Fsp3) is 0.182. The predicted molar refractivity (Wildman–Crippen MR) is 61.1 cm³/mol. The van der Waals surface area contributed by atoms with Gasteiger partial charge in [0.15, 0.2) is 0 Å². The molecule has 0 radical (unpaired) electrons. The highest BCUT2D eigenvalue weighted by Gasteiger charge is 2.14. The van der Waals surface area contributed by atoms with E-state index in [1.165, 1.54) is 6.20 Å². The standard InChI is InChI=1S/C11H10N2O2S/c1-7-5-8(15-2)3-4-9(7)11(14)10-6-12-16-13-10/h3-6H,1-2H3. The number of benzene rings is 1. The number of aryl methyl sites for hydroxylation is 1. The van der Waals surface area contributed by atoms with Crippen molar-refractivity contribution in [3.8, 4) is 5.75 Å². The molecule has 2 rings (SSSR count). The lowest BCUT2D eigenvalue weighted by Crippen LogP contribution is -2.04. The van der Waals surface area contributed by atoms with Crippen LogP contribution in [0, 0.1) is 6.92 Å². The molecule has 0 aliphatic heterocycles. The van der Waals surface area contributed by atoms with Gasteiger partial charge in [-0.15, -0.1) is 0 Å². The average molecular weight is 234 g/mol. The number of aromatic nitrogens is 2. The second kappa shape index (κ2) is 4.40. The Hall–Kier alpha value is -1.75. The molecule has 0 spiro atoms. The molecule has 0 fully saturated rings. The lowest BCUT2D eigenvalue weighted by molar-refractivity contribution is 0.103. The molecule has 4 nitrogen and oxygen atoms in total. The number of hydrogen-bond donors (Lipinski definition) is 0. The quantitative estimate of drug-likeness (QED) is 0.763. The maximum Gasteiger partial charge on any atom is 0.214 e. The topological polar surface area (TPSA) is 52.1 Å². The van der Waals surface area contributed by atoms with Crippen molar-refractivity contribution < 1.29 is 9.53 Å². The van der Waals surface area contributed by atoms with Gasteiger partial charge in [0.25, 0.3) is 0 Å². The van der Waals surface area contributed by atoms with Crippen molar-refractivity contribution in [2.45, 2.75) is 6.92 Å². The van der Waals surface area contributed by atoms with Gasteiger partial charge >= 0.3 is 0 Å². The number of nitrogens with zero attached hydrogens (tertiary/aromatic N) is 2. The maximum absolute atomic E-state index is 12.0. The van der Waals surface area contributed by atoms with Crippen molar-refractivity contribution in [1.82, 2.24) is 8.75 Å². The molecule has 0 bridgehead atoms. The van der Waals surface area contributed by atoms with Gasteiger partial charge in [-0.05, 0) is 30.7 Å². The van der Waals surface area contributed by atoms with Gasteiger partial charge in [-0.3, -0.25) is 4.79 Å². The van der Waals surface area contributed by atoms with Gasteiger partial charge in [0, 0.05) is 5.56 Å². The Balaban J connectivity index is 2.38. The third-order valence-corrected chi connectivity index (χ3v) is 2.75. The number of carbonyl (C=O) groups is 1. The van der Waals surface area contributed by atoms with E-state index in [-0.39, 0.29) is 5.78 Å². The van der Waals surface area contributed by atoms with Crippen LogP contribution >= 0.6 is 11.7 Å². The van der Waals surface area contributed by atoms with E-state index in [1.807, 2.05) is 13.0 Å². The molecule has 0 saturated heterocycles. The predicted octanol–water partition coefficient (Wildman–Crippen LogP) is 2.09. The summed E-state index contributed by atoms with van der Waals surface area (Å²) in [5, 5.41) is 0. The molecule has 1 aromatic heterocycles. The zero-order valence-electron chi connectivity index (χ0n) is 8.93. The third kappa shape index (κ3) is 1.94. The third-order valence-electron chi connectivity index (χ3n) is 2.27. The molecule has 0 N–H and O–H groups in total. The maximum atomic E-state index is 12.0. The number of ketones is 1. The number of methoxy groups -OCH3 is 1. The van der Waals surface area contributed by atoms with Crippen LogP contribution in [0.25, 0.3) is 0 Å². The minimum absolute atomic E-state index is 0.103. The fourth-order valence-electron chi connectivity index (χ4n) is 1.42. The molecular formula is C11H10N2O2S. The summed E-state index contributed by atoms with van der Waals surface area (Å²) in [6.07, 6.45) is 1.48. The number of carbonyl (C=O) groups excluding carboxylic acids is 1. The second-order valence-electron chi connectivity index (χ2n) is 3.30. The summed E-state index contributed by atoms with van der Waals surface area (Å²) in [6.45, 7) is 1.87. The molecule has 82 valence electrons. The van der Waals surface area contributed by atoms with Crippen LogP contribution in [-0.4, -0.2) is 21.6 Å². The van der Waals surface area contributed by atoms with Crippen LogP contribution in [-0.2, 0) is 0 Å². The monoisotopic (exact) mass is 234 g/mol. The van der Waals surface area contributed by atoms with Crippen molar-refractivity contribution in [3.05, 3.63) is 41.2 Å². The largest absolute Gasteiger partial charge is 0.497 e. The number of hydrogen-bond acceptors (Lipinski definition) is 5. The summed E-state index contributed by atoms with van der Waals surface area (Å²) >= 11 is 1.03.